The number of nitro groups is 2. The van der Waals surface area contributed by atoms with Gasteiger partial charge in [0.1, 0.15) is 6.42 Å². The second-order valence-electron chi connectivity index (χ2n) is 4.64. The molecule has 1 rings (SSSR count). The molecule has 126 valence electrons. The van der Waals surface area contributed by atoms with Gasteiger partial charge in [-0.25, -0.2) is 0 Å². The molecular weight excluding hydrogens is 319 g/mol. The van der Waals surface area contributed by atoms with E-state index in [-0.39, 0.29) is 21.7 Å². The van der Waals surface area contributed by atoms with Gasteiger partial charge < -0.3 is 0 Å². The van der Waals surface area contributed by atoms with Crippen LogP contribution in [0.1, 0.15) is 18.1 Å². The molecule has 7 nitrogen and oxygen atoms in total. The summed E-state index contributed by atoms with van der Waals surface area (Å²) in [7, 11) is 0. The molecule has 0 aliphatic heterocycles. The second kappa shape index (κ2) is 7.07. The lowest BCUT2D eigenvalue weighted by Gasteiger charge is -2.25. The fraction of sp³-hybridized carbons (Fsp3) is 0.385. The van der Waals surface area contributed by atoms with Gasteiger partial charge in [-0.2, -0.15) is 0 Å². The molecule has 10 heteroatoms. The number of nitrogens with zero attached hydrogens (tertiary/aromatic N) is 3. The Labute approximate surface area is 129 Å². The Balaban J connectivity index is 3.30. The molecule has 0 spiro atoms. The van der Waals surface area contributed by atoms with Crippen molar-refractivity contribution in [3.63, 3.8) is 0 Å². The summed E-state index contributed by atoms with van der Waals surface area (Å²) in [5.41, 5.74) is -0.0326. The lowest BCUT2D eigenvalue weighted by molar-refractivity contribution is -0.741. The zero-order valence-corrected chi connectivity index (χ0v) is 12.3. The van der Waals surface area contributed by atoms with Crippen molar-refractivity contribution in [1.29, 1.82) is 0 Å². The standard InChI is InChI=1S/C13H14F3N3O4/c1-3-7-17(13(14,15)16)11-6-4-5-10(9(11)2)8-12(18(20)21)19(22)23/h3-7,12H,8H2,1-2H3. The van der Waals surface area contributed by atoms with Gasteiger partial charge in [0.25, 0.3) is 0 Å². The van der Waals surface area contributed by atoms with Crippen molar-refractivity contribution in [2.45, 2.75) is 32.7 Å². The molecular formula is C13H14F3N3O4. The molecule has 0 amide bonds. The Bertz CT molecular complexity index is 617. The first-order valence-corrected chi connectivity index (χ1v) is 6.44. The van der Waals surface area contributed by atoms with E-state index in [1.807, 2.05) is 0 Å². The van der Waals surface area contributed by atoms with E-state index in [9.17, 15) is 33.4 Å². The Hall–Kier alpha value is -2.65. The molecule has 0 aliphatic rings. The molecule has 0 atom stereocenters. The van der Waals surface area contributed by atoms with Gasteiger partial charge in [-0.3, -0.25) is 25.1 Å². The van der Waals surface area contributed by atoms with Gasteiger partial charge >= 0.3 is 12.5 Å². The van der Waals surface area contributed by atoms with Crippen molar-refractivity contribution < 1.29 is 23.0 Å². The maximum atomic E-state index is 13.1. The molecule has 0 N–H and O–H groups in total. The number of allylic oxidation sites excluding steroid dienone is 1. The van der Waals surface area contributed by atoms with Gasteiger partial charge in [-0.1, -0.05) is 18.2 Å². The van der Waals surface area contributed by atoms with E-state index in [1.165, 1.54) is 38.1 Å². The van der Waals surface area contributed by atoms with Crippen LogP contribution in [0, 0.1) is 27.2 Å². The van der Waals surface area contributed by atoms with Crippen LogP contribution in [0.2, 0.25) is 0 Å². The average Bonchev–Trinajstić information content (AvgIpc) is 2.42. The molecule has 0 radical (unpaired) electrons. The third-order valence-electron chi connectivity index (χ3n) is 3.14. The van der Waals surface area contributed by atoms with Gasteiger partial charge in [-0.15, -0.1) is 13.2 Å². The van der Waals surface area contributed by atoms with Crippen LogP contribution in [0.15, 0.2) is 30.5 Å². The smallest absolute Gasteiger partial charge is 0.260 e. The number of anilines is 1. The van der Waals surface area contributed by atoms with Crippen LogP contribution < -0.4 is 4.90 Å². The fourth-order valence-electron chi connectivity index (χ4n) is 2.03. The molecule has 0 saturated carbocycles. The summed E-state index contributed by atoms with van der Waals surface area (Å²) < 4.78 is 39.2. The number of hydrogen-bond donors (Lipinski definition) is 0. The Morgan fingerprint density at radius 3 is 2.26 bits per heavy atom. The summed E-state index contributed by atoms with van der Waals surface area (Å²) in [6.45, 7) is 2.75. The monoisotopic (exact) mass is 333 g/mol. The van der Waals surface area contributed by atoms with Crippen LogP contribution in [0.4, 0.5) is 18.9 Å². The van der Waals surface area contributed by atoms with Crippen molar-refractivity contribution in [3.05, 3.63) is 61.8 Å². The van der Waals surface area contributed by atoms with Crippen molar-refractivity contribution >= 4 is 5.69 Å². The van der Waals surface area contributed by atoms with Crippen LogP contribution >= 0.6 is 0 Å². The maximum absolute atomic E-state index is 13.1. The van der Waals surface area contributed by atoms with Crippen molar-refractivity contribution in [2.75, 3.05) is 4.90 Å². The zero-order valence-electron chi connectivity index (χ0n) is 12.3. The van der Waals surface area contributed by atoms with E-state index < -0.39 is 28.7 Å². The summed E-state index contributed by atoms with van der Waals surface area (Å²) in [4.78, 5) is 19.3. The molecule has 0 aromatic heterocycles. The maximum Gasteiger partial charge on any atom is 0.488 e. The lowest BCUT2D eigenvalue weighted by Crippen LogP contribution is -2.34. The summed E-state index contributed by atoms with van der Waals surface area (Å²) >= 11 is 0. The van der Waals surface area contributed by atoms with E-state index in [1.54, 1.807) is 0 Å². The van der Waals surface area contributed by atoms with E-state index >= 15 is 0 Å². The van der Waals surface area contributed by atoms with Crippen molar-refractivity contribution in [3.8, 4) is 0 Å². The number of rotatable bonds is 6. The first-order valence-electron chi connectivity index (χ1n) is 6.44. The van der Waals surface area contributed by atoms with Crippen LogP contribution in [-0.4, -0.2) is 22.3 Å². The molecule has 0 unspecified atom stereocenters. The second-order valence-corrected chi connectivity index (χ2v) is 4.64. The molecule has 0 fully saturated rings. The quantitative estimate of drug-likeness (QED) is 0.345. The minimum absolute atomic E-state index is 0.0547. The first-order chi connectivity index (χ1) is 10.6. The summed E-state index contributed by atoms with van der Waals surface area (Å²) in [6, 6.07) is 3.81. The van der Waals surface area contributed by atoms with Crippen LogP contribution in [-0.2, 0) is 6.42 Å². The summed E-state index contributed by atoms with van der Waals surface area (Å²) in [5, 5.41) is 21.4. The zero-order chi connectivity index (χ0) is 17.8. The first kappa shape index (κ1) is 18.4. The molecule has 0 bridgehead atoms. The molecule has 23 heavy (non-hydrogen) atoms. The third kappa shape index (κ3) is 4.41. The summed E-state index contributed by atoms with van der Waals surface area (Å²) in [6.07, 6.45) is -5.39. The van der Waals surface area contributed by atoms with Crippen LogP contribution in [0.5, 0.6) is 0 Å². The third-order valence-corrected chi connectivity index (χ3v) is 3.14. The van der Waals surface area contributed by atoms with E-state index in [0.29, 0.717) is 0 Å². The van der Waals surface area contributed by atoms with Crippen molar-refractivity contribution in [2.24, 2.45) is 0 Å². The van der Waals surface area contributed by atoms with Crippen molar-refractivity contribution in [1.82, 2.24) is 0 Å². The average molecular weight is 333 g/mol. The highest BCUT2D eigenvalue weighted by Gasteiger charge is 2.38. The highest BCUT2D eigenvalue weighted by molar-refractivity contribution is 5.58. The van der Waals surface area contributed by atoms with Gasteiger partial charge in [0.15, 0.2) is 0 Å². The molecule has 1 aromatic carbocycles. The summed E-state index contributed by atoms with van der Waals surface area (Å²) in [5.74, 6) is 0. The van der Waals surface area contributed by atoms with Gasteiger partial charge in [0.05, 0.1) is 15.5 Å². The highest BCUT2D eigenvalue weighted by atomic mass is 19.4. The largest absolute Gasteiger partial charge is 0.488 e. The number of halogens is 3. The predicted octanol–water partition coefficient (Wildman–Crippen LogP) is 3.28. The molecule has 0 saturated heterocycles. The number of alkyl halides is 3. The van der Waals surface area contributed by atoms with Gasteiger partial charge in [0.2, 0.25) is 0 Å². The van der Waals surface area contributed by atoms with Crippen LogP contribution in [0.25, 0.3) is 0 Å². The van der Waals surface area contributed by atoms with Gasteiger partial charge in [-0.05, 0) is 31.0 Å². The normalized spacial score (nSPS) is 11.9. The number of benzene rings is 1. The minimum atomic E-state index is -4.69. The lowest BCUT2D eigenvalue weighted by atomic mass is 10.0. The topological polar surface area (TPSA) is 89.5 Å². The molecule has 1 aromatic rings. The minimum Gasteiger partial charge on any atom is -0.260 e. The van der Waals surface area contributed by atoms with Gasteiger partial charge in [0, 0.05) is 6.20 Å². The molecule has 0 heterocycles. The SMILES string of the molecule is CC=CN(c1cccc(CC([N+](=O)[O-])[N+](=O)[O-])c1C)C(F)(F)F. The Morgan fingerprint density at radius 2 is 1.83 bits per heavy atom. The van der Waals surface area contributed by atoms with E-state index in [4.69, 9.17) is 0 Å². The predicted molar refractivity (Wildman–Crippen MR) is 76.0 cm³/mol. The van der Waals surface area contributed by atoms with E-state index in [0.717, 1.165) is 6.20 Å². The number of hydrogen-bond acceptors (Lipinski definition) is 5. The van der Waals surface area contributed by atoms with Crippen LogP contribution in [0.3, 0.4) is 0 Å². The fourth-order valence-corrected chi connectivity index (χ4v) is 2.03. The van der Waals surface area contributed by atoms with E-state index in [2.05, 4.69) is 0 Å². The Kier molecular flexibility index (Phi) is 5.66. The Morgan fingerprint density at radius 1 is 1.26 bits per heavy atom. The molecule has 0 aliphatic carbocycles. The highest BCUT2D eigenvalue weighted by Crippen LogP contribution is 2.33.